The zero-order chi connectivity index (χ0) is 19.0. The van der Waals surface area contributed by atoms with E-state index in [0.29, 0.717) is 29.4 Å². The highest BCUT2D eigenvalue weighted by Gasteiger charge is 2.28. The molecule has 1 atom stereocenters. The van der Waals surface area contributed by atoms with Gasteiger partial charge in [-0.25, -0.2) is 18.4 Å². The Morgan fingerprint density at radius 3 is 2.70 bits per heavy atom. The number of anilines is 3. The summed E-state index contributed by atoms with van der Waals surface area (Å²) in [5.41, 5.74) is 4.14. The SMILES string of the molecule is Cc1ccc(C)c(Nc2nc(NC3CCS(=O)(=O)C3)nc3nccnc23)c1. The molecule has 0 saturated carbocycles. The van der Waals surface area contributed by atoms with Gasteiger partial charge < -0.3 is 10.6 Å². The summed E-state index contributed by atoms with van der Waals surface area (Å²) in [5.74, 6) is 1.16. The lowest BCUT2D eigenvalue weighted by molar-refractivity contribution is 0.602. The van der Waals surface area contributed by atoms with Gasteiger partial charge in [-0.3, -0.25) is 0 Å². The van der Waals surface area contributed by atoms with Crippen molar-refractivity contribution in [1.29, 1.82) is 0 Å². The van der Waals surface area contributed by atoms with E-state index in [0.717, 1.165) is 16.8 Å². The van der Waals surface area contributed by atoms with E-state index in [1.165, 1.54) is 0 Å². The Morgan fingerprint density at radius 2 is 1.93 bits per heavy atom. The summed E-state index contributed by atoms with van der Waals surface area (Å²) in [4.78, 5) is 17.6. The number of hydrogen-bond acceptors (Lipinski definition) is 8. The van der Waals surface area contributed by atoms with Gasteiger partial charge in [-0.15, -0.1) is 0 Å². The third-order valence-corrected chi connectivity index (χ3v) is 6.31. The molecule has 1 aliphatic heterocycles. The van der Waals surface area contributed by atoms with Crippen molar-refractivity contribution >= 4 is 38.5 Å². The molecule has 2 N–H and O–H groups in total. The number of nitrogens with zero attached hydrogens (tertiary/aromatic N) is 4. The van der Waals surface area contributed by atoms with Gasteiger partial charge in [0.1, 0.15) is 0 Å². The number of benzene rings is 1. The van der Waals surface area contributed by atoms with Crippen molar-refractivity contribution in [2.45, 2.75) is 26.3 Å². The summed E-state index contributed by atoms with van der Waals surface area (Å²) in [5, 5.41) is 6.46. The molecule has 3 aromatic rings. The molecular formula is C18H20N6O2S. The third kappa shape index (κ3) is 3.82. The van der Waals surface area contributed by atoms with Crippen LogP contribution in [0.5, 0.6) is 0 Å². The monoisotopic (exact) mass is 384 g/mol. The molecule has 0 radical (unpaired) electrons. The van der Waals surface area contributed by atoms with Gasteiger partial charge in [-0.2, -0.15) is 9.97 Å². The summed E-state index contributed by atoms with van der Waals surface area (Å²) in [6.07, 6.45) is 3.71. The van der Waals surface area contributed by atoms with Crippen molar-refractivity contribution in [1.82, 2.24) is 19.9 Å². The molecule has 27 heavy (non-hydrogen) atoms. The fourth-order valence-electron chi connectivity index (χ4n) is 3.10. The minimum atomic E-state index is -2.99. The average Bonchev–Trinajstić information content (AvgIpc) is 2.96. The van der Waals surface area contributed by atoms with Gasteiger partial charge in [0.2, 0.25) is 5.95 Å². The summed E-state index contributed by atoms with van der Waals surface area (Å²) in [6, 6.07) is 5.93. The van der Waals surface area contributed by atoms with Gasteiger partial charge in [-0.1, -0.05) is 12.1 Å². The van der Waals surface area contributed by atoms with E-state index in [9.17, 15) is 8.42 Å². The summed E-state index contributed by atoms with van der Waals surface area (Å²) >= 11 is 0. The lowest BCUT2D eigenvalue weighted by Gasteiger charge is -2.15. The van der Waals surface area contributed by atoms with Gasteiger partial charge in [0, 0.05) is 24.1 Å². The molecule has 4 rings (SSSR count). The van der Waals surface area contributed by atoms with Crippen LogP contribution in [0.3, 0.4) is 0 Å². The standard InChI is InChI=1S/C18H20N6O2S/c1-11-3-4-12(2)14(9-11)22-17-15-16(20-7-6-19-15)23-18(24-17)21-13-5-8-27(25,26)10-13/h3-4,6-7,9,13H,5,8,10H2,1-2H3,(H2,20,21,22,23,24). The first-order valence-electron chi connectivity index (χ1n) is 8.70. The second kappa shape index (κ2) is 6.73. The topological polar surface area (TPSA) is 110 Å². The maximum Gasteiger partial charge on any atom is 0.227 e. The van der Waals surface area contributed by atoms with Crippen LogP contribution >= 0.6 is 0 Å². The molecule has 9 heteroatoms. The molecule has 2 aromatic heterocycles. The van der Waals surface area contributed by atoms with Gasteiger partial charge in [-0.05, 0) is 37.5 Å². The molecule has 1 fully saturated rings. The molecular weight excluding hydrogens is 364 g/mol. The zero-order valence-corrected chi connectivity index (χ0v) is 15.9. The molecule has 1 aliphatic rings. The van der Waals surface area contributed by atoms with Gasteiger partial charge in [0.05, 0.1) is 11.5 Å². The number of sulfone groups is 1. The second-order valence-electron chi connectivity index (χ2n) is 6.81. The Morgan fingerprint density at radius 1 is 1.11 bits per heavy atom. The van der Waals surface area contributed by atoms with Gasteiger partial charge in [0.15, 0.2) is 26.8 Å². The largest absolute Gasteiger partial charge is 0.350 e. The first-order valence-corrected chi connectivity index (χ1v) is 10.5. The predicted molar refractivity (Wildman–Crippen MR) is 105 cm³/mol. The number of aromatic nitrogens is 4. The second-order valence-corrected chi connectivity index (χ2v) is 9.04. The molecule has 0 aliphatic carbocycles. The fraction of sp³-hybridized carbons (Fsp3) is 0.333. The first-order chi connectivity index (χ1) is 12.9. The Bertz CT molecular complexity index is 1120. The summed E-state index contributed by atoms with van der Waals surface area (Å²) in [6.45, 7) is 4.04. The highest BCUT2D eigenvalue weighted by molar-refractivity contribution is 7.91. The maximum atomic E-state index is 11.7. The first kappa shape index (κ1) is 17.6. The van der Waals surface area contributed by atoms with Crippen LogP contribution in [0.4, 0.5) is 17.5 Å². The van der Waals surface area contributed by atoms with Crippen molar-refractivity contribution in [3.05, 3.63) is 41.7 Å². The summed E-state index contributed by atoms with van der Waals surface area (Å²) < 4.78 is 23.4. The van der Waals surface area contributed by atoms with E-state index in [4.69, 9.17) is 0 Å². The lowest BCUT2D eigenvalue weighted by atomic mass is 10.1. The third-order valence-electron chi connectivity index (χ3n) is 4.54. The van der Waals surface area contributed by atoms with Gasteiger partial charge >= 0.3 is 0 Å². The molecule has 1 unspecified atom stereocenters. The van der Waals surface area contributed by atoms with Crippen LogP contribution in [0, 0.1) is 13.8 Å². The molecule has 8 nitrogen and oxygen atoms in total. The number of hydrogen-bond donors (Lipinski definition) is 2. The Balaban J connectivity index is 1.71. The molecule has 0 amide bonds. The van der Waals surface area contributed by atoms with Crippen LogP contribution < -0.4 is 10.6 Å². The zero-order valence-electron chi connectivity index (χ0n) is 15.1. The fourth-order valence-corrected chi connectivity index (χ4v) is 4.78. The highest BCUT2D eigenvalue weighted by atomic mass is 32.2. The molecule has 140 valence electrons. The van der Waals surface area contributed by atoms with E-state index >= 15 is 0 Å². The molecule has 0 spiro atoms. The van der Waals surface area contributed by atoms with E-state index in [2.05, 4.69) is 30.6 Å². The van der Waals surface area contributed by atoms with Crippen molar-refractivity contribution in [3.63, 3.8) is 0 Å². The van der Waals surface area contributed by atoms with Crippen LogP contribution in [0.25, 0.3) is 11.2 Å². The quantitative estimate of drug-likeness (QED) is 0.705. The van der Waals surface area contributed by atoms with Crippen LogP contribution in [0.1, 0.15) is 17.5 Å². The molecule has 1 aromatic carbocycles. The Kier molecular flexibility index (Phi) is 4.39. The normalized spacial score (nSPS) is 18.5. The average molecular weight is 384 g/mol. The maximum absolute atomic E-state index is 11.7. The Labute approximate surface area is 157 Å². The smallest absolute Gasteiger partial charge is 0.227 e. The molecule has 3 heterocycles. The lowest BCUT2D eigenvalue weighted by Crippen LogP contribution is -2.22. The predicted octanol–water partition coefficient (Wildman–Crippen LogP) is 2.38. The van der Waals surface area contributed by atoms with Crippen molar-refractivity contribution in [2.75, 3.05) is 22.1 Å². The summed E-state index contributed by atoms with van der Waals surface area (Å²) in [7, 11) is -2.99. The van der Waals surface area contributed by atoms with E-state index in [1.807, 2.05) is 32.0 Å². The van der Waals surface area contributed by atoms with Crippen LogP contribution in [0.15, 0.2) is 30.6 Å². The van der Waals surface area contributed by atoms with Crippen molar-refractivity contribution in [2.24, 2.45) is 0 Å². The molecule has 1 saturated heterocycles. The number of rotatable bonds is 4. The minimum Gasteiger partial charge on any atom is -0.350 e. The van der Waals surface area contributed by atoms with E-state index < -0.39 is 9.84 Å². The Hall–Kier alpha value is -2.81. The van der Waals surface area contributed by atoms with Crippen LogP contribution in [-0.4, -0.2) is 45.9 Å². The van der Waals surface area contributed by atoms with Crippen molar-refractivity contribution in [3.8, 4) is 0 Å². The number of fused-ring (bicyclic) bond motifs is 1. The van der Waals surface area contributed by atoms with Crippen LogP contribution in [-0.2, 0) is 9.84 Å². The van der Waals surface area contributed by atoms with Crippen LogP contribution in [0.2, 0.25) is 0 Å². The van der Waals surface area contributed by atoms with E-state index in [1.54, 1.807) is 12.4 Å². The number of nitrogens with one attached hydrogen (secondary N) is 2. The number of aryl methyl sites for hydroxylation is 2. The minimum absolute atomic E-state index is 0.0919. The van der Waals surface area contributed by atoms with Crippen molar-refractivity contribution < 1.29 is 8.42 Å². The van der Waals surface area contributed by atoms with E-state index in [-0.39, 0.29) is 17.5 Å². The highest BCUT2D eigenvalue weighted by Crippen LogP contribution is 2.26. The van der Waals surface area contributed by atoms with Gasteiger partial charge in [0.25, 0.3) is 0 Å². The molecule has 0 bridgehead atoms.